The Morgan fingerprint density at radius 1 is 1.12 bits per heavy atom. The summed E-state index contributed by atoms with van der Waals surface area (Å²) in [5.74, 6) is 0. The number of halogens is 3. The van der Waals surface area contributed by atoms with Crippen LogP contribution in [0.15, 0.2) is 9.98 Å². The van der Waals surface area contributed by atoms with Gasteiger partial charge in [-0.1, -0.05) is 0 Å². The molecule has 0 amide bonds. The Balaban J connectivity index is 3.47. The first-order chi connectivity index (χ1) is 3.81. The largest absolute Gasteiger partial charge is 0.287 e. The van der Waals surface area contributed by atoms with Gasteiger partial charge in [0.25, 0.3) is 6.42 Å². The van der Waals surface area contributed by atoms with Gasteiger partial charge in [-0.15, -0.1) is 0 Å². The molecule has 0 saturated heterocycles. The SMILES string of the molecule is FC=NC(F)N=CF. The third kappa shape index (κ3) is 3.32. The van der Waals surface area contributed by atoms with Crippen LogP contribution in [0.2, 0.25) is 0 Å². The Labute approximate surface area is 43.8 Å². The molecule has 0 spiro atoms. The average Bonchev–Trinajstić information content (AvgIpc) is 1.68. The smallest absolute Gasteiger partial charge is 0.206 e. The molecule has 2 nitrogen and oxygen atoms in total. The van der Waals surface area contributed by atoms with E-state index >= 15 is 0 Å². The third-order valence-corrected chi connectivity index (χ3v) is 0.359. The fourth-order valence-electron chi connectivity index (χ4n) is 0.131. The van der Waals surface area contributed by atoms with E-state index in [0.29, 0.717) is 0 Å². The van der Waals surface area contributed by atoms with Gasteiger partial charge in [0.05, 0.1) is 0 Å². The van der Waals surface area contributed by atoms with Crippen LogP contribution in [0, 0.1) is 0 Å². The molecule has 0 radical (unpaired) electrons. The van der Waals surface area contributed by atoms with Crippen LogP contribution in [0.4, 0.5) is 13.2 Å². The van der Waals surface area contributed by atoms with Gasteiger partial charge in [0, 0.05) is 0 Å². The molecule has 46 valence electrons. The predicted molar refractivity (Wildman–Crippen MR) is 24.1 cm³/mol. The molecule has 0 bridgehead atoms. The zero-order valence-electron chi connectivity index (χ0n) is 3.76. The van der Waals surface area contributed by atoms with Crippen molar-refractivity contribution in [3.05, 3.63) is 0 Å². The molecule has 0 N–H and O–H groups in total. The van der Waals surface area contributed by atoms with Gasteiger partial charge in [0.2, 0.25) is 0 Å². The first-order valence-corrected chi connectivity index (χ1v) is 1.69. The first-order valence-electron chi connectivity index (χ1n) is 1.69. The molecule has 0 rings (SSSR count). The second-order valence-electron chi connectivity index (χ2n) is 0.804. The van der Waals surface area contributed by atoms with E-state index in [2.05, 4.69) is 9.98 Å². The van der Waals surface area contributed by atoms with Crippen molar-refractivity contribution in [3.8, 4) is 0 Å². The van der Waals surface area contributed by atoms with E-state index in [-0.39, 0.29) is 12.9 Å². The van der Waals surface area contributed by atoms with Gasteiger partial charge in [0.15, 0.2) is 12.9 Å². The van der Waals surface area contributed by atoms with Crippen LogP contribution >= 0.6 is 0 Å². The van der Waals surface area contributed by atoms with Gasteiger partial charge in [-0.2, -0.15) is 13.2 Å². The van der Waals surface area contributed by atoms with Gasteiger partial charge >= 0.3 is 0 Å². The normalized spacial score (nSPS) is 15.9. The summed E-state index contributed by atoms with van der Waals surface area (Å²) < 4.78 is 33.2. The number of nitrogens with zero attached hydrogens (tertiary/aromatic N) is 2. The van der Waals surface area contributed by atoms with E-state index in [1.54, 1.807) is 0 Å². The third-order valence-electron chi connectivity index (χ3n) is 0.359. The van der Waals surface area contributed by atoms with Crippen molar-refractivity contribution in [1.82, 2.24) is 0 Å². The average molecular weight is 124 g/mol. The maximum absolute atomic E-state index is 11.5. The van der Waals surface area contributed by atoms with Crippen LogP contribution in [0.25, 0.3) is 0 Å². The number of hydrogen-bond acceptors (Lipinski definition) is 2. The second kappa shape index (κ2) is 4.29. The summed E-state index contributed by atoms with van der Waals surface area (Å²) >= 11 is 0. The lowest BCUT2D eigenvalue weighted by atomic mass is 11.0. The van der Waals surface area contributed by atoms with Crippen molar-refractivity contribution in [3.63, 3.8) is 0 Å². The molecule has 0 atom stereocenters. The standard InChI is InChI=1S/C3H3F3N2/c4-1-7-3(6)8-2-5/h1-3H. The molecule has 0 aliphatic rings. The molecule has 0 aromatic heterocycles. The maximum atomic E-state index is 11.5. The van der Waals surface area contributed by atoms with E-state index in [0.717, 1.165) is 0 Å². The van der Waals surface area contributed by atoms with Crippen molar-refractivity contribution in [2.45, 2.75) is 6.42 Å². The summed E-state index contributed by atoms with van der Waals surface area (Å²) in [6, 6.07) is 0. The summed E-state index contributed by atoms with van der Waals surface area (Å²) in [4.78, 5) is 4.84. The minimum atomic E-state index is -2.15. The van der Waals surface area contributed by atoms with Crippen LogP contribution in [0.5, 0.6) is 0 Å². The first kappa shape index (κ1) is 7.13. The van der Waals surface area contributed by atoms with Gasteiger partial charge in [0.1, 0.15) is 0 Å². The predicted octanol–water partition coefficient (Wildman–Crippen LogP) is 1.24. The maximum Gasteiger partial charge on any atom is 0.287 e. The molecular formula is C3H3F3N2. The van der Waals surface area contributed by atoms with Crippen LogP contribution < -0.4 is 0 Å². The molecule has 8 heavy (non-hydrogen) atoms. The monoisotopic (exact) mass is 124 g/mol. The lowest BCUT2D eigenvalue weighted by molar-refractivity contribution is 0.358. The second-order valence-corrected chi connectivity index (χ2v) is 0.804. The highest BCUT2D eigenvalue weighted by Gasteiger charge is 1.92. The summed E-state index contributed by atoms with van der Waals surface area (Å²) in [6.45, 7) is -0.560. The van der Waals surface area contributed by atoms with E-state index in [4.69, 9.17) is 0 Å². The van der Waals surface area contributed by atoms with E-state index in [9.17, 15) is 13.2 Å². The number of hydrogen-bond donors (Lipinski definition) is 0. The molecule has 0 heterocycles. The molecule has 0 unspecified atom stereocenters. The Bertz CT molecular complexity index is 88.7. The van der Waals surface area contributed by atoms with E-state index in [1.807, 2.05) is 0 Å². The van der Waals surface area contributed by atoms with Crippen LogP contribution in [0.3, 0.4) is 0 Å². The highest BCUT2D eigenvalue weighted by Crippen LogP contribution is 1.91. The van der Waals surface area contributed by atoms with Crippen molar-refractivity contribution >= 4 is 12.9 Å². The van der Waals surface area contributed by atoms with Crippen LogP contribution in [-0.2, 0) is 0 Å². The summed E-state index contributed by atoms with van der Waals surface area (Å²) in [7, 11) is 0. The van der Waals surface area contributed by atoms with Gasteiger partial charge in [-0.25, -0.2) is 9.98 Å². The van der Waals surface area contributed by atoms with E-state index < -0.39 is 6.42 Å². The highest BCUT2D eigenvalue weighted by molar-refractivity contribution is 5.46. The van der Waals surface area contributed by atoms with Crippen molar-refractivity contribution in [2.24, 2.45) is 9.98 Å². The number of alkyl halides is 1. The molecule has 0 aromatic rings. The van der Waals surface area contributed by atoms with Crippen molar-refractivity contribution in [2.75, 3.05) is 0 Å². The Morgan fingerprint density at radius 3 is 1.75 bits per heavy atom. The number of aliphatic imine (C=N–C) groups is 2. The van der Waals surface area contributed by atoms with Gasteiger partial charge in [-0.05, 0) is 0 Å². The fraction of sp³-hybridized carbons (Fsp3) is 0.333. The quantitative estimate of drug-likeness (QED) is 0.390. The summed E-state index contributed by atoms with van der Waals surface area (Å²) in [5.41, 5.74) is 0. The summed E-state index contributed by atoms with van der Waals surface area (Å²) in [5, 5.41) is 0. The molecular weight excluding hydrogens is 121 g/mol. The topological polar surface area (TPSA) is 24.7 Å². The molecule has 5 heteroatoms. The van der Waals surface area contributed by atoms with Crippen molar-refractivity contribution in [1.29, 1.82) is 0 Å². The molecule has 0 aromatic carbocycles. The number of rotatable bonds is 2. The zero-order chi connectivity index (χ0) is 6.41. The Kier molecular flexibility index (Phi) is 3.83. The van der Waals surface area contributed by atoms with Crippen molar-refractivity contribution < 1.29 is 13.2 Å². The zero-order valence-corrected chi connectivity index (χ0v) is 3.76. The molecule has 0 aliphatic heterocycles. The molecule has 0 aliphatic carbocycles. The summed E-state index contributed by atoms with van der Waals surface area (Å²) in [6.07, 6.45) is -2.15. The van der Waals surface area contributed by atoms with Gasteiger partial charge < -0.3 is 0 Å². The Morgan fingerprint density at radius 2 is 1.50 bits per heavy atom. The minimum Gasteiger partial charge on any atom is -0.206 e. The Hall–Kier alpha value is -0.870. The lowest BCUT2D eigenvalue weighted by Crippen LogP contribution is -1.87. The van der Waals surface area contributed by atoms with Crippen LogP contribution in [0.1, 0.15) is 0 Å². The fourth-order valence-corrected chi connectivity index (χ4v) is 0.131. The highest BCUT2D eigenvalue weighted by atomic mass is 19.2. The minimum absolute atomic E-state index is 0.280. The van der Waals surface area contributed by atoms with Gasteiger partial charge in [-0.3, -0.25) is 0 Å². The molecule has 0 fully saturated rings. The lowest BCUT2D eigenvalue weighted by Gasteiger charge is -1.85. The molecule has 0 saturated carbocycles. The van der Waals surface area contributed by atoms with E-state index in [1.165, 1.54) is 0 Å². The van der Waals surface area contributed by atoms with Crippen LogP contribution in [-0.4, -0.2) is 19.4 Å².